The summed E-state index contributed by atoms with van der Waals surface area (Å²) in [5, 5.41) is 54.9. The lowest BCUT2D eigenvalue weighted by Gasteiger charge is -2.33. The maximum atomic E-state index is 12.9. The zero-order valence-corrected chi connectivity index (χ0v) is 20.8. The van der Waals surface area contributed by atoms with Crippen molar-refractivity contribution < 1.29 is 34.5 Å². The summed E-state index contributed by atoms with van der Waals surface area (Å²) < 4.78 is 5.69. The number of aliphatic hydroxyl groups is 2. The first kappa shape index (κ1) is 28.8. The van der Waals surface area contributed by atoms with E-state index in [0.29, 0.717) is 11.1 Å². The standard InChI is InChI=1S/C26H25N3O10/c1-15(24(31)17-3-9-20(10-4-17)27(33)34)23(30)16(2)25(18-5-11-21(12-6-18)28(35)36)39-26(32)19-7-13-22(14-8-19)29(37)38/h3-16,23-25,30-31H,1-2H3/t15-,16+,23+,24-,25+/m1/s1. The van der Waals surface area contributed by atoms with Crippen LogP contribution in [0.5, 0.6) is 0 Å². The molecule has 0 aliphatic heterocycles. The third kappa shape index (κ3) is 6.77. The molecule has 0 saturated heterocycles. The molecule has 0 spiro atoms. The van der Waals surface area contributed by atoms with Gasteiger partial charge < -0.3 is 14.9 Å². The van der Waals surface area contributed by atoms with Crippen LogP contribution in [-0.2, 0) is 4.74 Å². The molecule has 2 N–H and O–H groups in total. The highest BCUT2D eigenvalue weighted by molar-refractivity contribution is 5.89. The van der Waals surface area contributed by atoms with Gasteiger partial charge in [-0.1, -0.05) is 13.8 Å². The third-order valence-corrected chi connectivity index (χ3v) is 6.48. The highest BCUT2D eigenvalue weighted by atomic mass is 16.6. The summed E-state index contributed by atoms with van der Waals surface area (Å²) in [5.74, 6) is -2.54. The molecular formula is C26H25N3O10. The van der Waals surface area contributed by atoms with Crippen molar-refractivity contribution >= 4 is 23.0 Å². The molecule has 0 fully saturated rings. The first-order valence-corrected chi connectivity index (χ1v) is 11.7. The Bertz CT molecular complexity index is 1340. The van der Waals surface area contributed by atoms with Gasteiger partial charge in [0.2, 0.25) is 0 Å². The topological polar surface area (TPSA) is 196 Å². The van der Waals surface area contributed by atoms with Crippen LogP contribution in [0.25, 0.3) is 0 Å². The van der Waals surface area contributed by atoms with Crippen LogP contribution in [0.3, 0.4) is 0 Å². The van der Waals surface area contributed by atoms with Gasteiger partial charge in [-0.05, 0) is 47.5 Å². The Kier molecular flexibility index (Phi) is 9.01. The summed E-state index contributed by atoms with van der Waals surface area (Å²) in [7, 11) is 0. The highest BCUT2D eigenvalue weighted by Gasteiger charge is 2.35. The number of benzene rings is 3. The summed E-state index contributed by atoms with van der Waals surface area (Å²) in [6.07, 6.45) is -3.64. The minimum Gasteiger partial charge on any atom is -0.454 e. The Morgan fingerprint density at radius 2 is 1.05 bits per heavy atom. The van der Waals surface area contributed by atoms with E-state index >= 15 is 0 Å². The highest BCUT2D eigenvalue weighted by Crippen LogP contribution is 2.36. The molecule has 0 bridgehead atoms. The molecule has 3 rings (SSSR count). The first-order valence-electron chi connectivity index (χ1n) is 11.7. The minimum absolute atomic E-state index is 0.00756. The van der Waals surface area contributed by atoms with E-state index in [4.69, 9.17) is 4.74 Å². The Labute approximate surface area is 221 Å². The number of nitro benzene ring substituents is 3. The average Bonchev–Trinajstić information content (AvgIpc) is 2.94. The van der Waals surface area contributed by atoms with E-state index in [1.807, 2.05) is 0 Å². The van der Waals surface area contributed by atoms with E-state index in [9.17, 15) is 45.4 Å². The maximum Gasteiger partial charge on any atom is 0.338 e. The average molecular weight is 539 g/mol. The number of non-ortho nitro benzene ring substituents is 3. The van der Waals surface area contributed by atoms with Crippen molar-refractivity contribution in [2.24, 2.45) is 11.8 Å². The summed E-state index contributed by atoms with van der Waals surface area (Å²) >= 11 is 0. The fraction of sp³-hybridized carbons (Fsp3) is 0.269. The number of hydrogen-bond acceptors (Lipinski definition) is 10. The number of carbonyl (C=O) groups excluding carboxylic acids is 1. The van der Waals surface area contributed by atoms with E-state index in [2.05, 4.69) is 0 Å². The van der Waals surface area contributed by atoms with Crippen LogP contribution >= 0.6 is 0 Å². The smallest absolute Gasteiger partial charge is 0.338 e. The monoisotopic (exact) mass is 539 g/mol. The summed E-state index contributed by atoms with van der Waals surface area (Å²) in [5.41, 5.74) is 0.0799. The second kappa shape index (κ2) is 12.2. The normalized spacial score (nSPS) is 14.9. The molecule has 204 valence electrons. The van der Waals surface area contributed by atoms with Gasteiger partial charge in [-0.2, -0.15) is 0 Å². The molecule has 0 aromatic heterocycles. The van der Waals surface area contributed by atoms with Crippen molar-refractivity contribution in [1.29, 1.82) is 0 Å². The molecule has 0 radical (unpaired) electrons. The summed E-state index contributed by atoms with van der Waals surface area (Å²) in [4.78, 5) is 44.1. The second-order valence-electron chi connectivity index (χ2n) is 8.98. The fourth-order valence-corrected chi connectivity index (χ4v) is 4.11. The van der Waals surface area contributed by atoms with E-state index < -0.39 is 50.9 Å². The molecule has 0 unspecified atom stereocenters. The van der Waals surface area contributed by atoms with Gasteiger partial charge in [0, 0.05) is 48.2 Å². The fourth-order valence-electron chi connectivity index (χ4n) is 4.11. The molecule has 3 aromatic rings. The van der Waals surface area contributed by atoms with Gasteiger partial charge >= 0.3 is 5.97 Å². The van der Waals surface area contributed by atoms with Gasteiger partial charge in [-0.3, -0.25) is 30.3 Å². The Balaban J connectivity index is 1.88. The number of hydrogen-bond donors (Lipinski definition) is 2. The molecule has 13 nitrogen and oxygen atoms in total. The molecule has 0 heterocycles. The molecule has 0 aliphatic rings. The lowest BCUT2D eigenvalue weighted by molar-refractivity contribution is -0.385. The Morgan fingerprint density at radius 1 is 0.667 bits per heavy atom. The van der Waals surface area contributed by atoms with Gasteiger partial charge in [0.1, 0.15) is 6.10 Å². The number of esters is 1. The van der Waals surface area contributed by atoms with Crippen LogP contribution in [0.2, 0.25) is 0 Å². The number of nitro groups is 3. The third-order valence-electron chi connectivity index (χ3n) is 6.48. The van der Waals surface area contributed by atoms with Gasteiger partial charge in [0.05, 0.1) is 32.5 Å². The SMILES string of the molecule is C[C@H]([C@H](O)[C@H](C)[C@H](OC(=O)c1ccc([N+](=O)[O-])cc1)c1ccc([N+](=O)[O-])cc1)[C@@H](O)c1ccc([N+](=O)[O-])cc1. The maximum absolute atomic E-state index is 12.9. The van der Waals surface area contributed by atoms with Crippen LogP contribution in [0.15, 0.2) is 72.8 Å². The van der Waals surface area contributed by atoms with Crippen LogP contribution < -0.4 is 0 Å². The van der Waals surface area contributed by atoms with Gasteiger partial charge in [0.25, 0.3) is 17.1 Å². The van der Waals surface area contributed by atoms with Crippen molar-refractivity contribution in [3.8, 4) is 0 Å². The second-order valence-corrected chi connectivity index (χ2v) is 8.98. The number of rotatable bonds is 11. The van der Waals surface area contributed by atoms with Crippen LogP contribution in [0.4, 0.5) is 17.1 Å². The molecule has 39 heavy (non-hydrogen) atoms. The van der Waals surface area contributed by atoms with Crippen molar-refractivity contribution in [3.05, 3.63) is 120 Å². The largest absolute Gasteiger partial charge is 0.454 e. The van der Waals surface area contributed by atoms with Crippen molar-refractivity contribution in [2.45, 2.75) is 32.2 Å². The minimum atomic E-state index is -1.28. The number of aliphatic hydroxyl groups excluding tert-OH is 2. The number of nitrogens with zero attached hydrogens (tertiary/aromatic N) is 3. The summed E-state index contributed by atoms with van der Waals surface area (Å²) in [6, 6.07) is 15.1. The Morgan fingerprint density at radius 3 is 1.46 bits per heavy atom. The number of ether oxygens (including phenoxy) is 1. The van der Waals surface area contributed by atoms with E-state index in [0.717, 1.165) is 12.1 Å². The van der Waals surface area contributed by atoms with E-state index in [1.54, 1.807) is 13.8 Å². The molecule has 13 heteroatoms. The van der Waals surface area contributed by atoms with E-state index in [1.165, 1.54) is 60.7 Å². The van der Waals surface area contributed by atoms with E-state index in [-0.39, 0.29) is 22.6 Å². The molecule has 0 amide bonds. The van der Waals surface area contributed by atoms with Gasteiger partial charge in [-0.25, -0.2) is 4.79 Å². The molecule has 5 atom stereocenters. The summed E-state index contributed by atoms with van der Waals surface area (Å²) in [6.45, 7) is 3.12. The Hall–Kier alpha value is -4.75. The predicted octanol–water partition coefficient (Wildman–Crippen LogP) is 4.68. The zero-order valence-electron chi connectivity index (χ0n) is 20.8. The predicted molar refractivity (Wildman–Crippen MR) is 137 cm³/mol. The molecule has 0 aliphatic carbocycles. The van der Waals surface area contributed by atoms with Crippen LogP contribution in [-0.4, -0.2) is 37.1 Å². The molecule has 0 saturated carbocycles. The van der Waals surface area contributed by atoms with Gasteiger partial charge in [-0.15, -0.1) is 0 Å². The zero-order chi connectivity index (χ0) is 28.9. The first-order chi connectivity index (χ1) is 18.4. The van der Waals surface area contributed by atoms with Crippen LogP contribution in [0, 0.1) is 42.2 Å². The molecule has 3 aromatic carbocycles. The van der Waals surface area contributed by atoms with Gasteiger partial charge in [0.15, 0.2) is 0 Å². The molecular weight excluding hydrogens is 514 g/mol. The lowest BCUT2D eigenvalue weighted by atomic mass is 9.82. The van der Waals surface area contributed by atoms with Crippen molar-refractivity contribution in [3.63, 3.8) is 0 Å². The van der Waals surface area contributed by atoms with Crippen LogP contribution in [0.1, 0.15) is 47.5 Å². The lowest BCUT2D eigenvalue weighted by Crippen LogP contribution is -2.35. The quantitative estimate of drug-likeness (QED) is 0.196. The number of carbonyl (C=O) groups is 1. The van der Waals surface area contributed by atoms with Crippen molar-refractivity contribution in [2.75, 3.05) is 0 Å². The van der Waals surface area contributed by atoms with Crippen molar-refractivity contribution in [1.82, 2.24) is 0 Å².